The molecule has 1 aromatic heterocycles. The second-order valence-electron chi connectivity index (χ2n) is 4.94. The maximum atomic E-state index is 11.7. The van der Waals surface area contributed by atoms with Gasteiger partial charge in [-0.3, -0.25) is 10.1 Å². The first-order valence-electron chi connectivity index (χ1n) is 6.36. The molecule has 2 heterocycles. The molecule has 0 bridgehead atoms. The molecule has 2 aliphatic rings. The maximum absolute atomic E-state index is 11.7. The first-order chi connectivity index (χ1) is 9.20. The van der Waals surface area contributed by atoms with E-state index in [9.17, 15) is 9.59 Å². The van der Waals surface area contributed by atoms with Gasteiger partial charge in [-0.1, -0.05) is 0 Å². The smallest absolute Gasteiger partial charge is 0.321 e. The molecule has 3 N–H and O–H groups in total. The van der Waals surface area contributed by atoms with Crippen molar-refractivity contribution >= 4 is 28.6 Å². The summed E-state index contributed by atoms with van der Waals surface area (Å²) in [6.45, 7) is 1.11. The van der Waals surface area contributed by atoms with Gasteiger partial charge in [-0.15, -0.1) is 0 Å². The molecule has 0 spiro atoms. The summed E-state index contributed by atoms with van der Waals surface area (Å²) in [4.78, 5) is 26.9. The average molecular weight is 281 g/mol. The van der Waals surface area contributed by atoms with Gasteiger partial charge in [-0.25, -0.2) is 9.78 Å². The van der Waals surface area contributed by atoms with E-state index in [1.165, 1.54) is 11.5 Å². The molecule has 3 rings (SSSR count). The Morgan fingerprint density at radius 3 is 3.00 bits per heavy atom. The lowest BCUT2D eigenvalue weighted by atomic mass is 10.1. The fourth-order valence-electron chi connectivity index (χ4n) is 1.98. The molecule has 2 fully saturated rings. The number of nitrogens with zero attached hydrogens (tertiary/aromatic N) is 2. The van der Waals surface area contributed by atoms with Crippen LogP contribution < -0.4 is 16.0 Å². The molecule has 1 aromatic rings. The first kappa shape index (κ1) is 12.3. The molecule has 1 aliphatic heterocycles. The van der Waals surface area contributed by atoms with Crippen molar-refractivity contribution in [1.82, 2.24) is 20.0 Å². The SMILES string of the molecule is O=C1CC(CNC(=O)Nc2nc(C3CC3)ns2)CN1. The van der Waals surface area contributed by atoms with E-state index in [0.29, 0.717) is 30.6 Å². The number of amides is 3. The monoisotopic (exact) mass is 281 g/mol. The summed E-state index contributed by atoms with van der Waals surface area (Å²) in [5.41, 5.74) is 0. The van der Waals surface area contributed by atoms with Crippen LogP contribution in [-0.4, -0.2) is 34.4 Å². The summed E-state index contributed by atoms with van der Waals surface area (Å²) >= 11 is 1.21. The van der Waals surface area contributed by atoms with Crippen molar-refractivity contribution in [2.75, 3.05) is 18.4 Å². The summed E-state index contributed by atoms with van der Waals surface area (Å²) in [6, 6.07) is -0.294. The normalized spacial score (nSPS) is 22.1. The zero-order valence-corrected chi connectivity index (χ0v) is 11.1. The van der Waals surface area contributed by atoms with Crippen LogP contribution in [0.1, 0.15) is 31.0 Å². The fraction of sp³-hybridized carbons (Fsp3) is 0.636. The van der Waals surface area contributed by atoms with E-state index in [-0.39, 0.29) is 17.9 Å². The lowest BCUT2D eigenvalue weighted by Crippen LogP contribution is -2.33. The van der Waals surface area contributed by atoms with Crippen LogP contribution >= 0.6 is 11.5 Å². The summed E-state index contributed by atoms with van der Waals surface area (Å²) in [5, 5.41) is 8.68. The van der Waals surface area contributed by atoms with Crippen LogP contribution in [0.4, 0.5) is 9.93 Å². The van der Waals surface area contributed by atoms with Crippen molar-refractivity contribution in [3.05, 3.63) is 5.82 Å². The van der Waals surface area contributed by atoms with Gasteiger partial charge in [0.1, 0.15) is 5.82 Å². The van der Waals surface area contributed by atoms with Gasteiger partial charge in [0.05, 0.1) is 0 Å². The molecule has 8 heteroatoms. The third-order valence-electron chi connectivity index (χ3n) is 3.22. The Morgan fingerprint density at radius 2 is 2.32 bits per heavy atom. The van der Waals surface area contributed by atoms with Gasteiger partial charge in [0.15, 0.2) is 0 Å². The minimum absolute atomic E-state index is 0.0467. The Kier molecular flexibility index (Phi) is 3.33. The standard InChI is InChI=1S/C11H15N5O2S/c17-8-3-6(4-12-8)5-13-10(18)15-11-14-9(16-19-11)7-1-2-7/h6-7H,1-5H2,(H,12,17)(H2,13,14,15,16,18). The van der Waals surface area contributed by atoms with Crippen molar-refractivity contribution in [3.63, 3.8) is 0 Å². The second kappa shape index (κ2) is 5.12. The lowest BCUT2D eigenvalue weighted by Gasteiger charge is -2.08. The molecular formula is C11H15N5O2S. The predicted octanol–water partition coefficient (Wildman–Crippen LogP) is 0.673. The molecule has 19 heavy (non-hydrogen) atoms. The Hall–Kier alpha value is -1.70. The van der Waals surface area contributed by atoms with Gasteiger partial charge in [0.2, 0.25) is 11.0 Å². The molecule has 0 aromatic carbocycles. The molecule has 1 aliphatic carbocycles. The highest BCUT2D eigenvalue weighted by Gasteiger charge is 2.28. The quantitative estimate of drug-likeness (QED) is 0.756. The number of anilines is 1. The van der Waals surface area contributed by atoms with E-state index in [1.54, 1.807) is 0 Å². The highest BCUT2D eigenvalue weighted by Crippen LogP contribution is 2.39. The molecule has 102 valence electrons. The highest BCUT2D eigenvalue weighted by atomic mass is 32.1. The van der Waals surface area contributed by atoms with Gasteiger partial charge in [0, 0.05) is 42.9 Å². The minimum Gasteiger partial charge on any atom is -0.356 e. The molecule has 1 unspecified atom stereocenters. The Bertz CT molecular complexity index is 499. The third-order valence-corrected chi connectivity index (χ3v) is 3.86. The molecular weight excluding hydrogens is 266 g/mol. The Morgan fingerprint density at radius 1 is 1.47 bits per heavy atom. The van der Waals surface area contributed by atoms with E-state index in [2.05, 4.69) is 25.3 Å². The van der Waals surface area contributed by atoms with Crippen LogP contribution in [-0.2, 0) is 4.79 Å². The predicted molar refractivity (Wildman–Crippen MR) is 70.0 cm³/mol. The largest absolute Gasteiger partial charge is 0.356 e. The zero-order valence-electron chi connectivity index (χ0n) is 10.3. The van der Waals surface area contributed by atoms with Gasteiger partial charge in [-0.2, -0.15) is 4.37 Å². The molecule has 1 saturated carbocycles. The topological polar surface area (TPSA) is 96.0 Å². The fourth-order valence-corrected chi connectivity index (χ4v) is 2.62. The van der Waals surface area contributed by atoms with E-state index in [1.807, 2.05) is 0 Å². The van der Waals surface area contributed by atoms with E-state index >= 15 is 0 Å². The molecule has 0 radical (unpaired) electrons. The lowest BCUT2D eigenvalue weighted by molar-refractivity contribution is -0.119. The summed E-state index contributed by atoms with van der Waals surface area (Å²) in [7, 11) is 0. The summed E-state index contributed by atoms with van der Waals surface area (Å²) in [6.07, 6.45) is 2.76. The Balaban J connectivity index is 1.43. The minimum atomic E-state index is -0.294. The third kappa shape index (κ3) is 3.19. The second-order valence-corrected chi connectivity index (χ2v) is 5.69. The number of carbonyl (C=O) groups excluding carboxylic acids is 2. The molecule has 7 nitrogen and oxygen atoms in total. The number of hydrogen-bond acceptors (Lipinski definition) is 5. The van der Waals surface area contributed by atoms with E-state index < -0.39 is 0 Å². The molecule has 1 saturated heterocycles. The van der Waals surface area contributed by atoms with Gasteiger partial charge in [-0.05, 0) is 12.8 Å². The first-order valence-corrected chi connectivity index (χ1v) is 7.13. The van der Waals surface area contributed by atoms with Crippen LogP contribution in [0, 0.1) is 5.92 Å². The van der Waals surface area contributed by atoms with Crippen molar-refractivity contribution in [2.45, 2.75) is 25.2 Å². The van der Waals surface area contributed by atoms with Crippen LogP contribution in [0.15, 0.2) is 0 Å². The number of rotatable bonds is 4. The van der Waals surface area contributed by atoms with Crippen molar-refractivity contribution in [1.29, 1.82) is 0 Å². The van der Waals surface area contributed by atoms with Crippen molar-refractivity contribution in [3.8, 4) is 0 Å². The average Bonchev–Trinajstić information content (AvgIpc) is 3.00. The highest BCUT2D eigenvalue weighted by molar-refractivity contribution is 7.09. The number of urea groups is 1. The maximum Gasteiger partial charge on any atom is 0.321 e. The Labute approximate surface area is 114 Å². The number of nitrogens with one attached hydrogen (secondary N) is 3. The summed E-state index contributed by atoms with van der Waals surface area (Å²) < 4.78 is 4.21. The van der Waals surface area contributed by atoms with Gasteiger partial charge < -0.3 is 10.6 Å². The van der Waals surface area contributed by atoms with Crippen LogP contribution in [0.5, 0.6) is 0 Å². The number of aromatic nitrogens is 2. The van der Waals surface area contributed by atoms with E-state index in [4.69, 9.17) is 0 Å². The van der Waals surface area contributed by atoms with Crippen molar-refractivity contribution < 1.29 is 9.59 Å². The molecule has 3 amide bonds. The van der Waals surface area contributed by atoms with Crippen LogP contribution in [0.25, 0.3) is 0 Å². The number of carbonyl (C=O) groups is 2. The van der Waals surface area contributed by atoms with Gasteiger partial charge >= 0.3 is 6.03 Å². The van der Waals surface area contributed by atoms with Crippen LogP contribution in [0.3, 0.4) is 0 Å². The zero-order chi connectivity index (χ0) is 13.2. The summed E-state index contributed by atoms with van der Waals surface area (Å²) in [5.74, 6) is 1.55. The van der Waals surface area contributed by atoms with Gasteiger partial charge in [0.25, 0.3) is 0 Å². The van der Waals surface area contributed by atoms with Crippen molar-refractivity contribution in [2.24, 2.45) is 5.92 Å². The van der Waals surface area contributed by atoms with Crippen LogP contribution in [0.2, 0.25) is 0 Å². The number of hydrogen-bond donors (Lipinski definition) is 3. The van der Waals surface area contributed by atoms with E-state index in [0.717, 1.165) is 18.7 Å². The molecule has 1 atom stereocenters.